The summed E-state index contributed by atoms with van der Waals surface area (Å²) in [7, 11) is 0. The van der Waals surface area contributed by atoms with Gasteiger partial charge in [0, 0.05) is 0 Å². The largest absolute Gasteiger partial charge is 0.393 e. The van der Waals surface area contributed by atoms with Gasteiger partial charge in [-0.25, -0.2) is 4.39 Å². The van der Waals surface area contributed by atoms with Crippen molar-refractivity contribution in [3.8, 4) is 0 Å². The molecule has 0 saturated heterocycles. The lowest BCUT2D eigenvalue weighted by atomic mass is 10.1. The first-order valence-electron chi connectivity index (χ1n) is 4.62. The Morgan fingerprint density at radius 1 is 1.38 bits per heavy atom. The van der Waals surface area contributed by atoms with Crippen LogP contribution in [0.25, 0.3) is 0 Å². The summed E-state index contributed by atoms with van der Waals surface area (Å²) >= 11 is 0. The van der Waals surface area contributed by atoms with E-state index in [1.54, 1.807) is 0 Å². The molecule has 0 radical (unpaired) electrons. The second-order valence-electron chi connectivity index (χ2n) is 3.80. The van der Waals surface area contributed by atoms with E-state index in [9.17, 15) is 9.50 Å². The molecule has 1 aromatic rings. The van der Waals surface area contributed by atoms with Gasteiger partial charge in [0.1, 0.15) is 5.82 Å². The van der Waals surface area contributed by atoms with E-state index in [1.165, 1.54) is 12.1 Å². The summed E-state index contributed by atoms with van der Waals surface area (Å²) in [6.07, 6.45) is 0.790. The van der Waals surface area contributed by atoms with Crippen molar-refractivity contribution in [2.24, 2.45) is 5.92 Å². The fraction of sp³-hybridized carbons (Fsp3) is 0.455. The number of aliphatic hydroxyl groups excluding tert-OH is 1. The molecule has 3 atom stereocenters. The van der Waals surface area contributed by atoms with Crippen molar-refractivity contribution in [3.05, 3.63) is 35.6 Å². The van der Waals surface area contributed by atoms with Crippen LogP contribution < -0.4 is 0 Å². The molecule has 13 heavy (non-hydrogen) atoms. The van der Waals surface area contributed by atoms with E-state index in [2.05, 4.69) is 0 Å². The predicted molar refractivity (Wildman–Crippen MR) is 48.9 cm³/mol. The lowest BCUT2D eigenvalue weighted by Gasteiger charge is -2.02. The maximum absolute atomic E-state index is 12.6. The highest BCUT2D eigenvalue weighted by Crippen LogP contribution is 2.49. The molecule has 0 unspecified atom stereocenters. The molecule has 1 saturated carbocycles. The van der Waals surface area contributed by atoms with Gasteiger partial charge in [0.15, 0.2) is 0 Å². The lowest BCUT2D eigenvalue weighted by Crippen LogP contribution is -2.03. The highest BCUT2D eigenvalue weighted by molar-refractivity contribution is 5.26. The topological polar surface area (TPSA) is 20.2 Å². The predicted octanol–water partition coefficient (Wildman–Crippen LogP) is 2.31. The Morgan fingerprint density at radius 2 is 2.00 bits per heavy atom. The minimum atomic E-state index is -0.241. The molecule has 2 rings (SSSR count). The third-order valence-corrected chi connectivity index (χ3v) is 2.76. The fourth-order valence-electron chi connectivity index (χ4n) is 1.84. The number of halogens is 1. The Labute approximate surface area is 77.2 Å². The number of hydrogen-bond acceptors (Lipinski definition) is 1. The van der Waals surface area contributed by atoms with Crippen LogP contribution in [0.5, 0.6) is 0 Å². The molecule has 0 bridgehead atoms. The molecule has 1 aromatic carbocycles. The van der Waals surface area contributed by atoms with Crippen LogP contribution in [0.1, 0.15) is 24.8 Å². The molecule has 2 heteroatoms. The second-order valence-corrected chi connectivity index (χ2v) is 3.80. The van der Waals surface area contributed by atoms with E-state index in [0.29, 0.717) is 11.8 Å². The molecule has 0 aromatic heterocycles. The maximum Gasteiger partial charge on any atom is 0.123 e. The van der Waals surface area contributed by atoms with Crippen LogP contribution in [0, 0.1) is 11.7 Å². The van der Waals surface area contributed by atoms with E-state index in [4.69, 9.17) is 0 Å². The third kappa shape index (κ3) is 1.73. The minimum Gasteiger partial charge on any atom is -0.393 e. The van der Waals surface area contributed by atoms with Gasteiger partial charge < -0.3 is 5.11 Å². The molecule has 0 aliphatic heterocycles. The van der Waals surface area contributed by atoms with Crippen molar-refractivity contribution in [2.75, 3.05) is 0 Å². The lowest BCUT2D eigenvalue weighted by molar-refractivity contribution is 0.169. The number of benzene rings is 1. The first-order chi connectivity index (χ1) is 6.18. The summed E-state index contributed by atoms with van der Waals surface area (Å²) in [5, 5.41) is 9.30. The van der Waals surface area contributed by atoms with E-state index in [0.717, 1.165) is 12.0 Å². The molecule has 1 nitrogen and oxygen atoms in total. The van der Waals surface area contributed by atoms with Crippen LogP contribution in [0.3, 0.4) is 0 Å². The highest BCUT2D eigenvalue weighted by Gasteiger charge is 2.41. The number of hydrogen-bond donors (Lipinski definition) is 1. The van der Waals surface area contributed by atoms with Crippen molar-refractivity contribution < 1.29 is 9.50 Å². The summed E-state index contributed by atoms with van der Waals surface area (Å²) in [5.41, 5.74) is 1.15. The average molecular weight is 180 g/mol. The molecule has 70 valence electrons. The van der Waals surface area contributed by atoms with Crippen molar-refractivity contribution in [2.45, 2.75) is 25.4 Å². The minimum absolute atomic E-state index is 0.196. The molecular formula is C11H13FO. The molecule has 1 N–H and O–H groups in total. The highest BCUT2D eigenvalue weighted by atomic mass is 19.1. The number of aliphatic hydroxyl groups is 1. The molecule has 1 fully saturated rings. The fourth-order valence-corrected chi connectivity index (χ4v) is 1.84. The van der Waals surface area contributed by atoms with E-state index in [-0.39, 0.29) is 11.9 Å². The van der Waals surface area contributed by atoms with Crippen LogP contribution >= 0.6 is 0 Å². The van der Waals surface area contributed by atoms with Gasteiger partial charge in [-0.3, -0.25) is 0 Å². The van der Waals surface area contributed by atoms with Gasteiger partial charge in [-0.2, -0.15) is 0 Å². The van der Waals surface area contributed by atoms with Gasteiger partial charge in [-0.15, -0.1) is 0 Å². The summed E-state index contributed by atoms with van der Waals surface area (Å²) in [4.78, 5) is 0. The molecule has 0 amide bonds. The van der Waals surface area contributed by atoms with Gasteiger partial charge >= 0.3 is 0 Å². The zero-order valence-corrected chi connectivity index (χ0v) is 7.57. The van der Waals surface area contributed by atoms with Crippen LogP contribution in [0.4, 0.5) is 4.39 Å². The standard InChI is InChI=1S/C11H13FO/c1-7(13)10-6-11(10)8-2-4-9(12)5-3-8/h2-5,7,10-11,13H,6H2,1H3/t7-,10+,11+/m0/s1. The summed E-state index contributed by atoms with van der Waals surface area (Å²) in [5.74, 6) is 0.629. The zero-order chi connectivity index (χ0) is 9.42. The normalized spacial score (nSPS) is 28.5. The van der Waals surface area contributed by atoms with Gasteiger partial charge in [0.25, 0.3) is 0 Å². The van der Waals surface area contributed by atoms with E-state index >= 15 is 0 Å². The molecule has 1 aliphatic carbocycles. The van der Waals surface area contributed by atoms with Gasteiger partial charge in [0.05, 0.1) is 6.10 Å². The first-order valence-corrected chi connectivity index (χ1v) is 4.62. The Bertz CT molecular complexity index is 291. The van der Waals surface area contributed by atoms with Crippen molar-refractivity contribution in [1.29, 1.82) is 0 Å². The SMILES string of the molecule is C[C@H](O)[C@H]1C[C@@H]1c1ccc(F)cc1. The average Bonchev–Trinajstić information content (AvgIpc) is 2.85. The van der Waals surface area contributed by atoms with Crippen LogP contribution in [0.2, 0.25) is 0 Å². The van der Waals surface area contributed by atoms with Gasteiger partial charge in [-0.1, -0.05) is 12.1 Å². The van der Waals surface area contributed by atoms with Gasteiger partial charge in [0.2, 0.25) is 0 Å². The second kappa shape index (κ2) is 3.11. The zero-order valence-electron chi connectivity index (χ0n) is 7.57. The van der Waals surface area contributed by atoms with E-state index in [1.807, 2.05) is 19.1 Å². The molecule has 0 heterocycles. The van der Waals surface area contributed by atoms with Crippen molar-refractivity contribution >= 4 is 0 Å². The van der Waals surface area contributed by atoms with Gasteiger partial charge in [-0.05, 0) is 42.9 Å². The van der Waals surface area contributed by atoms with Crippen LogP contribution in [-0.4, -0.2) is 11.2 Å². The summed E-state index contributed by atoms with van der Waals surface area (Å²) in [6.45, 7) is 1.81. The third-order valence-electron chi connectivity index (χ3n) is 2.76. The van der Waals surface area contributed by atoms with Crippen LogP contribution in [-0.2, 0) is 0 Å². The summed E-state index contributed by atoms with van der Waals surface area (Å²) in [6, 6.07) is 6.57. The van der Waals surface area contributed by atoms with Crippen LogP contribution in [0.15, 0.2) is 24.3 Å². The smallest absolute Gasteiger partial charge is 0.123 e. The first kappa shape index (κ1) is 8.70. The summed E-state index contributed by atoms with van der Waals surface area (Å²) < 4.78 is 12.6. The Balaban J connectivity index is 2.08. The maximum atomic E-state index is 12.6. The number of rotatable bonds is 2. The van der Waals surface area contributed by atoms with Crippen molar-refractivity contribution in [3.63, 3.8) is 0 Å². The molecule has 0 spiro atoms. The Morgan fingerprint density at radius 3 is 2.46 bits per heavy atom. The molecule has 1 aliphatic rings. The molecular weight excluding hydrogens is 167 g/mol. The quantitative estimate of drug-likeness (QED) is 0.740. The van der Waals surface area contributed by atoms with E-state index < -0.39 is 0 Å². The Hall–Kier alpha value is -0.890. The monoisotopic (exact) mass is 180 g/mol. The Kier molecular flexibility index (Phi) is 2.08. The van der Waals surface area contributed by atoms with Crippen molar-refractivity contribution in [1.82, 2.24) is 0 Å².